The van der Waals surface area contributed by atoms with Crippen LogP contribution in [0.15, 0.2) is 52.3 Å². The lowest BCUT2D eigenvalue weighted by molar-refractivity contribution is 0.0987. The summed E-state index contributed by atoms with van der Waals surface area (Å²) in [6, 6.07) is 14.3. The molecule has 102 valence electrons. The van der Waals surface area contributed by atoms with Crippen molar-refractivity contribution in [2.45, 2.75) is 27.7 Å². The number of rotatable bonds is 3. The first-order valence-corrected chi connectivity index (χ1v) is 9.18. The van der Waals surface area contributed by atoms with E-state index in [2.05, 4.69) is 47.7 Å². The van der Waals surface area contributed by atoms with Crippen molar-refractivity contribution in [2.75, 3.05) is 0 Å². The molecule has 0 amide bonds. The molecule has 0 saturated carbocycles. The second kappa shape index (κ2) is 6.12. The Morgan fingerprint density at radius 2 is 1.80 bits per heavy atom. The van der Waals surface area contributed by atoms with Gasteiger partial charge in [0, 0.05) is 25.3 Å². The van der Waals surface area contributed by atoms with Crippen molar-refractivity contribution in [1.82, 2.24) is 0 Å². The van der Waals surface area contributed by atoms with Crippen LogP contribution in [0.5, 0.6) is 0 Å². The summed E-state index contributed by atoms with van der Waals surface area (Å²) < 4.78 is 1.46. The summed E-state index contributed by atoms with van der Waals surface area (Å²) in [7, 11) is 0. The molecule has 0 bridgehead atoms. The van der Waals surface area contributed by atoms with Crippen LogP contribution < -0.4 is 0 Å². The van der Waals surface area contributed by atoms with E-state index in [-0.39, 0.29) is 5.78 Å². The monoisotopic (exact) mass is 412 g/mol. The highest BCUT2D eigenvalue weighted by atomic mass is 127. The van der Waals surface area contributed by atoms with Crippen LogP contribution in [0, 0.1) is 10.5 Å². The minimum Gasteiger partial charge on any atom is -0.294 e. The molecular formula is C16H13IOS2. The van der Waals surface area contributed by atoms with E-state index in [0.29, 0.717) is 11.0 Å². The van der Waals surface area contributed by atoms with Crippen LogP contribution in [-0.2, 0) is 0 Å². The quantitative estimate of drug-likeness (QED) is 0.497. The molecule has 1 atom stereocenters. The molecule has 3 rings (SSSR count). The Bertz CT molecular complexity index is 652. The number of aryl methyl sites for hydroxylation is 1. The molecule has 0 fully saturated rings. The van der Waals surface area contributed by atoms with Gasteiger partial charge in [-0.15, -0.1) is 23.5 Å². The molecule has 1 aliphatic heterocycles. The van der Waals surface area contributed by atoms with Gasteiger partial charge >= 0.3 is 0 Å². The van der Waals surface area contributed by atoms with E-state index in [4.69, 9.17) is 0 Å². The summed E-state index contributed by atoms with van der Waals surface area (Å²) >= 11 is 5.88. The van der Waals surface area contributed by atoms with Gasteiger partial charge in [-0.3, -0.25) is 4.79 Å². The lowest BCUT2D eigenvalue weighted by Crippen LogP contribution is -2.05. The highest BCUT2D eigenvalue weighted by Gasteiger charge is 2.25. The highest BCUT2D eigenvalue weighted by Crippen LogP contribution is 2.49. The first-order chi connectivity index (χ1) is 9.61. The summed E-state index contributed by atoms with van der Waals surface area (Å²) in [5, 5.41) is 0. The number of ketones is 1. The Morgan fingerprint density at radius 1 is 1.10 bits per heavy atom. The maximum atomic E-state index is 12.3. The van der Waals surface area contributed by atoms with E-state index in [1.165, 1.54) is 15.4 Å². The number of halogens is 1. The zero-order valence-corrected chi connectivity index (χ0v) is 14.7. The minimum atomic E-state index is 0.232. The van der Waals surface area contributed by atoms with Crippen molar-refractivity contribution in [1.29, 1.82) is 0 Å². The van der Waals surface area contributed by atoms with Gasteiger partial charge < -0.3 is 0 Å². The molecule has 0 aromatic heterocycles. The fraction of sp³-hybridized carbons (Fsp3) is 0.188. The Labute approximate surface area is 141 Å². The zero-order valence-electron chi connectivity index (χ0n) is 10.9. The second-order valence-corrected chi connectivity index (χ2v) is 8.78. The third kappa shape index (κ3) is 3.23. The fourth-order valence-electron chi connectivity index (χ4n) is 2.10. The third-order valence-electron chi connectivity index (χ3n) is 3.13. The number of hydrogen-bond acceptors (Lipinski definition) is 3. The van der Waals surface area contributed by atoms with E-state index in [0.717, 1.165) is 9.13 Å². The number of thioether (sulfide) groups is 2. The molecule has 2 aromatic rings. The van der Waals surface area contributed by atoms with Gasteiger partial charge in [-0.25, -0.2) is 0 Å². The predicted molar refractivity (Wildman–Crippen MR) is 94.8 cm³/mol. The lowest BCUT2D eigenvalue weighted by Gasteiger charge is -2.06. The second-order valence-electron chi connectivity index (χ2n) is 4.75. The number of carbonyl (C=O) groups is 1. The van der Waals surface area contributed by atoms with Gasteiger partial charge in [0.25, 0.3) is 0 Å². The van der Waals surface area contributed by atoms with Gasteiger partial charge in [-0.2, -0.15) is 0 Å². The van der Waals surface area contributed by atoms with Crippen LogP contribution in [-0.4, -0.2) is 10.4 Å². The van der Waals surface area contributed by atoms with Crippen LogP contribution in [0.1, 0.15) is 22.3 Å². The van der Waals surface area contributed by atoms with Gasteiger partial charge in [-0.05, 0) is 59.3 Å². The number of carbonyl (C=O) groups excluding carboxylic acids is 1. The smallest absolute Gasteiger partial charge is 0.164 e. The topological polar surface area (TPSA) is 17.1 Å². The minimum absolute atomic E-state index is 0.232. The first-order valence-electron chi connectivity index (χ1n) is 6.34. The molecule has 0 N–H and O–H groups in total. The average molecular weight is 412 g/mol. The van der Waals surface area contributed by atoms with Gasteiger partial charge in [0.2, 0.25) is 0 Å². The lowest BCUT2D eigenvalue weighted by atomic mass is 10.1. The molecule has 0 saturated heterocycles. The van der Waals surface area contributed by atoms with Crippen LogP contribution >= 0.6 is 46.1 Å². The molecule has 0 aliphatic carbocycles. The molecule has 1 unspecified atom stereocenters. The molecular weight excluding hydrogens is 399 g/mol. The van der Waals surface area contributed by atoms with Crippen LogP contribution in [0.25, 0.3) is 0 Å². The maximum absolute atomic E-state index is 12.3. The maximum Gasteiger partial charge on any atom is 0.164 e. The Kier molecular flexibility index (Phi) is 4.43. The van der Waals surface area contributed by atoms with E-state index in [1.807, 2.05) is 47.8 Å². The van der Waals surface area contributed by atoms with E-state index >= 15 is 0 Å². The summed E-state index contributed by atoms with van der Waals surface area (Å²) in [5.74, 6) is 0.232. The van der Waals surface area contributed by atoms with Crippen LogP contribution in [0.4, 0.5) is 0 Å². The molecule has 1 nitrogen and oxygen atoms in total. The average Bonchev–Trinajstić information content (AvgIpc) is 2.80. The van der Waals surface area contributed by atoms with Crippen molar-refractivity contribution in [3.63, 3.8) is 0 Å². The van der Waals surface area contributed by atoms with Crippen LogP contribution in [0.2, 0.25) is 0 Å². The number of Topliss-reactive ketones (excluding diaryl/α,β-unsaturated/α-hetero) is 1. The number of fused-ring (bicyclic) bond motifs is 1. The van der Waals surface area contributed by atoms with Crippen molar-refractivity contribution >= 4 is 51.9 Å². The first kappa shape index (κ1) is 14.5. The number of benzene rings is 2. The fourth-order valence-corrected chi connectivity index (χ4v) is 5.36. The highest BCUT2D eigenvalue weighted by molar-refractivity contribution is 14.1. The standard InChI is InChI=1S/C16H13IOS2/c1-10-2-7-14-15(8-10)20-16(19-14)9-13(18)11-3-5-12(17)6-4-11/h2-8,16H,9H2,1H3. The van der Waals surface area contributed by atoms with Crippen molar-refractivity contribution < 1.29 is 4.79 Å². The van der Waals surface area contributed by atoms with Gasteiger partial charge in [0.15, 0.2) is 5.78 Å². The summed E-state index contributed by atoms with van der Waals surface area (Å²) in [5.41, 5.74) is 2.10. The van der Waals surface area contributed by atoms with E-state index < -0.39 is 0 Å². The molecule has 0 radical (unpaired) electrons. The predicted octanol–water partition coefficient (Wildman–Crippen LogP) is 5.40. The molecule has 1 heterocycles. The Hall–Kier alpha value is -0.460. The van der Waals surface area contributed by atoms with Crippen LogP contribution in [0.3, 0.4) is 0 Å². The van der Waals surface area contributed by atoms with E-state index in [9.17, 15) is 4.79 Å². The Morgan fingerprint density at radius 3 is 2.55 bits per heavy atom. The van der Waals surface area contributed by atoms with Gasteiger partial charge in [0.1, 0.15) is 0 Å². The van der Waals surface area contributed by atoms with Crippen molar-refractivity contribution in [2.24, 2.45) is 0 Å². The van der Waals surface area contributed by atoms with Crippen molar-refractivity contribution in [3.8, 4) is 0 Å². The molecule has 0 spiro atoms. The number of hydrogen-bond donors (Lipinski definition) is 0. The summed E-state index contributed by atoms with van der Waals surface area (Å²) in [6.45, 7) is 2.11. The zero-order chi connectivity index (χ0) is 14.1. The van der Waals surface area contributed by atoms with Gasteiger partial charge in [0.05, 0.1) is 4.58 Å². The molecule has 20 heavy (non-hydrogen) atoms. The summed E-state index contributed by atoms with van der Waals surface area (Å²) in [4.78, 5) is 14.9. The normalized spacial score (nSPS) is 17.0. The van der Waals surface area contributed by atoms with E-state index in [1.54, 1.807) is 0 Å². The molecule has 1 aliphatic rings. The molecule has 2 aromatic carbocycles. The molecule has 4 heteroatoms. The summed E-state index contributed by atoms with van der Waals surface area (Å²) in [6.07, 6.45) is 0.587. The Balaban J connectivity index is 1.68. The van der Waals surface area contributed by atoms with Crippen molar-refractivity contribution in [3.05, 3.63) is 57.2 Å². The van der Waals surface area contributed by atoms with Gasteiger partial charge in [-0.1, -0.05) is 18.2 Å². The largest absolute Gasteiger partial charge is 0.294 e. The SMILES string of the molecule is Cc1ccc2c(c1)SC(CC(=O)c1ccc(I)cc1)S2. The third-order valence-corrected chi connectivity index (χ3v) is 6.62.